The second kappa shape index (κ2) is 13.8. The molecule has 1 aromatic rings. The maximum Gasteiger partial charge on any atom is 0.245 e. The van der Waals surface area contributed by atoms with E-state index in [4.69, 9.17) is 0 Å². The molecular formula is C28H46N4O2. The highest BCUT2D eigenvalue weighted by atomic mass is 16.2. The number of likely N-dealkylation sites (N-methyl/N-ethyl adjacent to an activating group) is 2. The molecule has 3 rings (SSSR count). The number of rotatable bonds is 12. The lowest BCUT2D eigenvalue weighted by Crippen LogP contribution is -2.57. The molecule has 0 bridgehead atoms. The van der Waals surface area contributed by atoms with E-state index >= 15 is 0 Å². The van der Waals surface area contributed by atoms with Gasteiger partial charge in [0.25, 0.3) is 0 Å². The largest absolute Gasteiger partial charge is 0.343 e. The summed E-state index contributed by atoms with van der Waals surface area (Å²) in [5.41, 5.74) is 1.40. The van der Waals surface area contributed by atoms with Crippen molar-refractivity contribution < 1.29 is 9.59 Å². The summed E-state index contributed by atoms with van der Waals surface area (Å²) in [6, 6.07) is 10.2. The molecule has 1 aliphatic carbocycles. The molecule has 34 heavy (non-hydrogen) atoms. The number of hydrogen-bond acceptors (Lipinski definition) is 4. The third-order valence-electron chi connectivity index (χ3n) is 7.79. The predicted octanol–water partition coefficient (Wildman–Crippen LogP) is 3.61. The van der Waals surface area contributed by atoms with Crippen LogP contribution in [0.3, 0.4) is 0 Å². The molecule has 3 atom stereocenters. The van der Waals surface area contributed by atoms with E-state index in [1.54, 1.807) is 7.05 Å². The number of benzene rings is 1. The highest BCUT2D eigenvalue weighted by Crippen LogP contribution is 2.29. The number of unbranched alkanes of at least 4 members (excludes halogenated alkanes) is 1. The Morgan fingerprint density at radius 1 is 1.06 bits per heavy atom. The van der Waals surface area contributed by atoms with Gasteiger partial charge in [-0.1, -0.05) is 49.6 Å². The fourth-order valence-corrected chi connectivity index (χ4v) is 5.56. The molecule has 0 spiro atoms. The number of likely N-dealkylation sites (tertiary alicyclic amines) is 1. The Bertz CT molecular complexity index is 750. The van der Waals surface area contributed by atoms with Crippen molar-refractivity contribution in [2.75, 3.05) is 33.7 Å². The third kappa shape index (κ3) is 7.81. The zero-order valence-electron chi connectivity index (χ0n) is 21.6. The molecule has 2 amide bonds. The maximum atomic E-state index is 13.8. The SMILES string of the molecule is CN[C@@H](C)C(=O)N[C@H](C(=O)N1CCC[C@H]1CN(C)CCCCc1ccccc1)C1CCCCC1. The molecule has 0 unspecified atom stereocenters. The van der Waals surface area contributed by atoms with Crippen molar-refractivity contribution in [1.29, 1.82) is 0 Å². The highest BCUT2D eigenvalue weighted by Gasteiger charge is 2.38. The quantitative estimate of drug-likeness (QED) is 0.458. The Hall–Kier alpha value is -1.92. The summed E-state index contributed by atoms with van der Waals surface area (Å²) in [5.74, 6) is 0.326. The first-order valence-corrected chi connectivity index (χ1v) is 13.5. The Labute approximate surface area is 206 Å². The number of carbonyl (C=O) groups is 2. The minimum Gasteiger partial charge on any atom is -0.343 e. The van der Waals surface area contributed by atoms with Crippen molar-refractivity contribution in [3.63, 3.8) is 0 Å². The Balaban J connectivity index is 1.53. The molecule has 1 aliphatic heterocycles. The summed E-state index contributed by atoms with van der Waals surface area (Å²) >= 11 is 0. The molecule has 6 heteroatoms. The first-order valence-electron chi connectivity index (χ1n) is 13.5. The van der Waals surface area contributed by atoms with Gasteiger partial charge < -0.3 is 20.4 Å². The Morgan fingerprint density at radius 2 is 1.79 bits per heavy atom. The van der Waals surface area contributed by atoms with E-state index in [2.05, 4.69) is 57.8 Å². The molecule has 0 aromatic heterocycles. The lowest BCUT2D eigenvalue weighted by Gasteiger charge is -2.36. The van der Waals surface area contributed by atoms with Gasteiger partial charge in [0, 0.05) is 19.1 Å². The number of nitrogens with zero attached hydrogens (tertiary/aromatic N) is 2. The number of amides is 2. The summed E-state index contributed by atoms with van der Waals surface area (Å²) in [7, 11) is 3.96. The van der Waals surface area contributed by atoms with E-state index in [1.165, 1.54) is 18.4 Å². The van der Waals surface area contributed by atoms with Crippen LogP contribution in [-0.4, -0.2) is 73.5 Å². The molecule has 6 nitrogen and oxygen atoms in total. The van der Waals surface area contributed by atoms with Crippen molar-refractivity contribution in [2.45, 2.75) is 89.3 Å². The summed E-state index contributed by atoms with van der Waals surface area (Å²) in [4.78, 5) is 30.9. The summed E-state index contributed by atoms with van der Waals surface area (Å²) in [6.07, 6.45) is 11.2. The van der Waals surface area contributed by atoms with Crippen LogP contribution in [0.5, 0.6) is 0 Å². The van der Waals surface area contributed by atoms with Crippen LogP contribution in [-0.2, 0) is 16.0 Å². The summed E-state index contributed by atoms with van der Waals surface area (Å²) in [6.45, 7) is 4.62. The fraction of sp³-hybridized carbons (Fsp3) is 0.714. The van der Waals surface area contributed by atoms with Gasteiger partial charge in [-0.2, -0.15) is 0 Å². The first-order chi connectivity index (χ1) is 16.5. The number of aryl methyl sites for hydroxylation is 1. The van der Waals surface area contributed by atoms with Crippen LogP contribution in [0.2, 0.25) is 0 Å². The van der Waals surface area contributed by atoms with Gasteiger partial charge in [-0.15, -0.1) is 0 Å². The number of nitrogens with one attached hydrogen (secondary N) is 2. The predicted molar refractivity (Wildman–Crippen MR) is 139 cm³/mol. The third-order valence-corrected chi connectivity index (χ3v) is 7.79. The monoisotopic (exact) mass is 470 g/mol. The number of carbonyl (C=O) groups excluding carboxylic acids is 2. The van der Waals surface area contributed by atoms with Crippen LogP contribution in [0.4, 0.5) is 0 Å². The van der Waals surface area contributed by atoms with Crippen LogP contribution >= 0.6 is 0 Å². The molecule has 1 saturated heterocycles. The first kappa shape index (κ1) is 26.7. The van der Waals surface area contributed by atoms with Crippen molar-refractivity contribution in [3.8, 4) is 0 Å². The van der Waals surface area contributed by atoms with Gasteiger partial charge in [-0.3, -0.25) is 9.59 Å². The lowest BCUT2D eigenvalue weighted by molar-refractivity contribution is -0.139. The minimum atomic E-state index is -0.389. The Morgan fingerprint density at radius 3 is 2.50 bits per heavy atom. The molecule has 1 aromatic carbocycles. The van der Waals surface area contributed by atoms with Gasteiger partial charge in [0.05, 0.1) is 6.04 Å². The topological polar surface area (TPSA) is 64.7 Å². The van der Waals surface area contributed by atoms with Crippen LogP contribution in [0, 0.1) is 5.92 Å². The van der Waals surface area contributed by atoms with Gasteiger partial charge in [-0.05, 0) is 84.0 Å². The molecular weight excluding hydrogens is 424 g/mol. The van der Waals surface area contributed by atoms with E-state index in [-0.39, 0.29) is 35.9 Å². The average molecular weight is 471 g/mol. The average Bonchev–Trinajstić information content (AvgIpc) is 3.33. The number of hydrogen-bond donors (Lipinski definition) is 2. The van der Waals surface area contributed by atoms with Crippen molar-refractivity contribution in [2.24, 2.45) is 5.92 Å². The molecule has 0 radical (unpaired) electrons. The zero-order chi connectivity index (χ0) is 24.3. The van der Waals surface area contributed by atoms with Crippen molar-refractivity contribution >= 4 is 11.8 Å². The normalized spacial score (nSPS) is 20.9. The summed E-state index contributed by atoms with van der Waals surface area (Å²) in [5, 5.41) is 6.15. The Kier molecular flexibility index (Phi) is 10.9. The second-order valence-corrected chi connectivity index (χ2v) is 10.4. The lowest BCUT2D eigenvalue weighted by atomic mass is 9.83. The van der Waals surface area contributed by atoms with Gasteiger partial charge in [0.15, 0.2) is 0 Å². The summed E-state index contributed by atoms with van der Waals surface area (Å²) < 4.78 is 0. The van der Waals surface area contributed by atoms with Gasteiger partial charge in [0.1, 0.15) is 6.04 Å². The molecule has 2 fully saturated rings. The maximum absolute atomic E-state index is 13.8. The molecule has 1 heterocycles. The standard InChI is InChI=1S/C28H46N4O2/c1-22(29-2)27(33)30-26(24-16-8-5-9-17-24)28(34)32-20-12-18-25(32)21-31(3)19-11-10-15-23-13-6-4-7-14-23/h4,6-7,13-14,22,24-26,29H,5,8-12,15-21H2,1-3H3,(H,30,33)/t22-,25-,26-/m0/s1. The molecule has 2 N–H and O–H groups in total. The van der Waals surface area contributed by atoms with Crippen LogP contribution in [0.1, 0.15) is 70.3 Å². The van der Waals surface area contributed by atoms with Crippen LogP contribution < -0.4 is 10.6 Å². The van der Waals surface area contributed by atoms with Gasteiger partial charge in [0.2, 0.25) is 11.8 Å². The van der Waals surface area contributed by atoms with Crippen LogP contribution in [0.15, 0.2) is 30.3 Å². The molecule has 1 saturated carbocycles. The van der Waals surface area contributed by atoms with Gasteiger partial charge in [-0.25, -0.2) is 0 Å². The van der Waals surface area contributed by atoms with E-state index < -0.39 is 0 Å². The second-order valence-electron chi connectivity index (χ2n) is 10.4. The molecule has 190 valence electrons. The smallest absolute Gasteiger partial charge is 0.245 e. The van der Waals surface area contributed by atoms with Crippen LogP contribution in [0.25, 0.3) is 0 Å². The van der Waals surface area contributed by atoms with E-state index in [0.717, 1.165) is 71.0 Å². The van der Waals surface area contributed by atoms with Gasteiger partial charge >= 0.3 is 0 Å². The van der Waals surface area contributed by atoms with E-state index in [0.29, 0.717) is 0 Å². The van der Waals surface area contributed by atoms with Crippen molar-refractivity contribution in [1.82, 2.24) is 20.4 Å². The zero-order valence-corrected chi connectivity index (χ0v) is 21.6. The highest BCUT2D eigenvalue weighted by molar-refractivity contribution is 5.90. The van der Waals surface area contributed by atoms with E-state index in [9.17, 15) is 9.59 Å². The minimum absolute atomic E-state index is 0.0716. The molecule has 2 aliphatic rings. The van der Waals surface area contributed by atoms with E-state index in [1.807, 2.05) is 6.92 Å². The van der Waals surface area contributed by atoms with Crippen molar-refractivity contribution in [3.05, 3.63) is 35.9 Å². The fourth-order valence-electron chi connectivity index (χ4n) is 5.56.